The van der Waals surface area contributed by atoms with E-state index in [-0.39, 0.29) is 5.91 Å². The molecule has 1 aromatic heterocycles. The van der Waals surface area contributed by atoms with E-state index >= 15 is 0 Å². The van der Waals surface area contributed by atoms with Gasteiger partial charge < -0.3 is 4.90 Å². The van der Waals surface area contributed by atoms with Crippen molar-refractivity contribution >= 4 is 5.91 Å². The molecule has 0 unspecified atom stereocenters. The number of hydrogen-bond donors (Lipinski definition) is 0. The van der Waals surface area contributed by atoms with Gasteiger partial charge in [0.25, 0.3) is 0 Å². The fraction of sp³-hybridized carbons (Fsp3) is 0.400. The molecule has 0 bridgehead atoms. The fourth-order valence-corrected chi connectivity index (χ4v) is 3.24. The number of aromatic nitrogens is 1. The van der Waals surface area contributed by atoms with Crippen LogP contribution in [-0.2, 0) is 11.2 Å². The van der Waals surface area contributed by atoms with Crippen LogP contribution in [-0.4, -0.2) is 28.4 Å². The minimum atomic E-state index is 0.247. The van der Waals surface area contributed by atoms with Gasteiger partial charge in [-0.25, -0.2) is 0 Å². The normalized spacial score (nSPS) is 18.0. The number of hydrogen-bond acceptors (Lipinski definition) is 2. The number of carbonyl (C=O) groups is 1. The molecule has 120 valence electrons. The van der Waals surface area contributed by atoms with E-state index in [9.17, 15) is 4.79 Å². The van der Waals surface area contributed by atoms with Crippen LogP contribution in [0.5, 0.6) is 0 Å². The topological polar surface area (TPSA) is 33.2 Å². The van der Waals surface area contributed by atoms with Gasteiger partial charge in [-0.3, -0.25) is 9.78 Å². The van der Waals surface area contributed by atoms with Crippen molar-refractivity contribution in [2.45, 2.75) is 45.6 Å². The summed E-state index contributed by atoms with van der Waals surface area (Å²) in [4.78, 5) is 19.0. The zero-order chi connectivity index (χ0) is 16.2. The van der Waals surface area contributed by atoms with Gasteiger partial charge in [-0.2, -0.15) is 0 Å². The van der Waals surface area contributed by atoms with Crippen LogP contribution >= 0.6 is 0 Å². The monoisotopic (exact) mass is 308 g/mol. The minimum absolute atomic E-state index is 0.247. The molecule has 1 aliphatic heterocycles. The summed E-state index contributed by atoms with van der Waals surface area (Å²) in [6.45, 7) is 5.05. The third kappa shape index (κ3) is 3.79. The number of likely N-dealkylation sites (tertiary alicyclic amines) is 1. The molecule has 0 aliphatic carbocycles. The summed E-state index contributed by atoms with van der Waals surface area (Å²) in [5, 5.41) is 0. The van der Waals surface area contributed by atoms with Gasteiger partial charge in [0.2, 0.25) is 5.91 Å². The molecule has 2 aromatic rings. The van der Waals surface area contributed by atoms with Crippen molar-refractivity contribution in [2.75, 3.05) is 6.54 Å². The Kier molecular flexibility index (Phi) is 4.75. The molecule has 1 saturated heterocycles. The molecular weight excluding hydrogens is 284 g/mol. The molecule has 1 amide bonds. The van der Waals surface area contributed by atoms with Crippen molar-refractivity contribution in [2.24, 2.45) is 0 Å². The first-order valence-electron chi connectivity index (χ1n) is 8.45. The Morgan fingerprint density at radius 1 is 1.22 bits per heavy atom. The van der Waals surface area contributed by atoms with Gasteiger partial charge >= 0.3 is 0 Å². The zero-order valence-electron chi connectivity index (χ0n) is 14.0. The number of amides is 1. The van der Waals surface area contributed by atoms with Crippen LogP contribution in [0.4, 0.5) is 0 Å². The van der Waals surface area contributed by atoms with Crippen molar-refractivity contribution < 1.29 is 4.79 Å². The van der Waals surface area contributed by atoms with Crippen molar-refractivity contribution in [3.8, 4) is 11.1 Å². The van der Waals surface area contributed by atoms with Crippen molar-refractivity contribution in [3.05, 3.63) is 53.9 Å². The second-order valence-corrected chi connectivity index (χ2v) is 6.50. The summed E-state index contributed by atoms with van der Waals surface area (Å²) < 4.78 is 0. The summed E-state index contributed by atoms with van der Waals surface area (Å²) >= 11 is 0. The number of piperidine rings is 1. The molecule has 2 heterocycles. The van der Waals surface area contributed by atoms with E-state index in [1.165, 1.54) is 6.42 Å². The first-order chi connectivity index (χ1) is 11.1. The molecule has 3 heteroatoms. The van der Waals surface area contributed by atoms with Gasteiger partial charge in [0.15, 0.2) is 0 Å². The van der Waals surface area contributed by atoms with Crippen LogP contribution in [0.15, 0.2) is 42.6 Å². The summed E-state index contributed by atoms with van der Waals surface area (Å²) in [5.74, 6) is 0.247. The van der Waals surface area contributed by atoms with E-state index < -0.39 is 0 Å². The highest BCUT2D eigenvalue weighted by Gasteiger charge is 2.23. The van der Waals surface area contributed by atoms with Crippen LogP contribution in [0, 0.1) is 6.92 Å². The predicted molar refractivity (Wildman–Crippen MR) is 93.1 cm³/mol. The van der Waals surface area contributed by atoms with Crippen molar-refractivity contribution in [3.63, 3.8) is 0 Å². The maximum atomic E-state index is 12.6. The number of pyridine rings is 1. The van der Waals surface area contributed by atoms with E-state index in [4.69, 9.17) is 0 Å². The van der Waals surface area contributed by atoms with Gasteiger partial charge in [0.05, 0.1) is 6.42 Å². The fourth-order valence-electron chi connectivity index (χ4n) is 3.24. The molecule has 23 heavy (non-hydrogen) atoms. The van der Waals surface area contributed by atoms with Gasteiger partial charge in [-0.15, -0.1) is 0 Å². The van der Waals surface area contributed by atoms with Gasteiger partial charge in [-0.1, -0.05) is 30.3 Å². The highest BCUT2D eigenvalue weighted by Crippen LogP contribution is 2.22. The second-order valence-electron chi connectivity index (χ2n) is 6.50. The number of nitrogens with zero attached hydrogens (tertiary/aromatic N) is 2. The molecule has 0 N–H and O–H groups in total. The summed E-state index contributed by atoms with van der Waals surface area (Å²) in [6.07, 6.45) is 5.87. The van der Waals surface area contributed by atoms with Crippen LogP contribution in [0.25, 0.3) is 11.1 Å². The van der Waals surface area contributed by atoms with Crippen LogP contribution in [0.3, 0.4) is 0 Å². The lowest BCUT2D eigenvalue weighted by Crippen LogP contribution is -2.42. The zero-order valence-corrected chi connectivity index (χ0v) is 14.0. The van der Waals surface area contributed by atoms with Crippen LogP contribution < -0.4 is 0 Å². The second kappa shape index (κ2) is 6.95. The molecular formula is C20H24N2O. The molecule has 1 aromatic carbocycles. The Labute approximate surface area is 138 Å². The maximum Gasteiger partial charge on any atom is 0.227 e. The average molecular weight is 308 g/mol. The average Bonchev–Trinajstić information content (AvgIpc) is 2.56. The molecule has 0 radical (unpaired) electrons. The minimum Gasteiger partial charge on any atom is -0.340 e. The first kappa shape index (κ1) is 15.7. The van der Waals surface area contributed by atoms with Gasteiger partial charge in [0.1, 0.15) is 0 Å². The highest BCUT2D eigenvalue weighted by molar-refractivity contribution is 5.79. The molecule has 3 nitrogen and oxygen atoms in total. The highest BCUT2D eigenvalue weighted by atomic mass is 16.2. The van der Waals surface area contributed by atoms with Crippen molar-refractivity contribution in [1.29, 1.82) is 0 Å². The molecule has 3 rings (SSSR count). The third-order valence-electron chi connectivity index (χ3n) is 4.65. The Bertz CT molecular complexity index is 678. The Morgan fingerprint density at radius 3 is 2.83 bits per heavy atom. The SMILES string of the molecule is Cc1ccc(-c2cccc(CC(=O)N3CCCC[C@@H]3C)c2)cn1. The van der Waals surface area contributed by atoms with Crippen LogP contribution in [0.1, 0.15) is 37.4 Å². The Hall–Kier alpha value is -2.16. The van der Waals surface area contributed by atoms with Gasteiger partial charge in [-0.05, 0) is 50.3 Å². The molecule has 1 atom stereocenters. The van der Waals surface area contributed by atoms with Crippen molar-refractivity contribution in [1.82, 2.24) is 9.88 Å². The lowest BCUT2D eigenvalue weighted by Gasteiger charge is -2.33. The number of benzene rings is 1. The number of aryl methyl sites for hydroxylation is 1. The van der Waals surface area contributed by atoms with E-state index in [0.29, 0.717) is 12.5 Å². The first-order valence-corrected chi connectivity index (χ1v) is 8.45. The molecule has 1 fully saturated rings. The van der Waals surface area contributed by atoms with E-state index in [1.54, 1.807) is 0 Å². The molecule has 1 aliphatic rings. The molecule has 0 saturated carbocycles. The van der Waals surface area contributed by atoms with E-state index in [2.05, 4.69) is 30.1 Å². The van der Waals surface area contributed by atoms with Crippen LogP contribution in [0.2, 0.25) is 0 Å². The summed E-state index contributed by atoms with van der Waals surface area (Å²) in [6, 6.07) is 12.7. The Balaban J connectivity index is 1.74. The lowest BCUT2D eigenvalue weighted by molar-refractivity contribution is -0.133. The predicted octanol–water partition coefficient (Wildman–Crippen LogP) is 4.00. The maximum absolute atomic E-state index is 12.6. The lowest BCUT2D eigenvalue weighted by atomic mass is 10.00. The number of carbonyl (C=O) groups excluding carboxylic acids is 1. The summed E-state index contributed by atoms with van der Waals surface area (Å²) in [7, 11) is 0. The third-order valence-corrected chi connectivity index (χ3v) is 4.65. The summed E-state index contributed by atoms with van der Waals surface area (Å²) in [5.41, 5.74) is 4.30. The Morgan fingerprint density at radius 2 is 2.09 bits per heavy atom. The van der Waals surface area contributed by atoms with Gasteiger partial charge in [0, 0.05) is 30.0 Å². The number of rotatable bonds is 3. The smallest absolute Gasteiger partial charge is 0.227 e. The standard InChI is InChI=1S/C20H24N2O/c1-15-9-10-19(14-21-15)18-8-5-7-17(12-18)13-20(23)22-11-4-3-6-16(22)2/h5,7-10,12,14,16H,3-4,6,11,13H2,1-2H3/t16-/m0/s1. The quantitative estimate of drug-likeness (QED) is 0.858. The molecule has 0 spiro atoms. The van der Waals surface area contributed by atoms with E-state index in [1.807, 2.05) is 36.2 Å². The van der Waals surface area contributed by atoms with E-state index in [0.717, 1.165) is 41.8 Å². The largest absolute Gasteiger partial charge is 0.340 e.